The van der Waals surface area contributed by atoms with Crippen LogP contribution in [0.25, 0.3) is 0 Å². The van der Waals surface area contributed by atoms with Gasteiger partial charge in [0.05, 0.1) is 6.54 Å². The lowest BCUT2D eigenvalue weighted by Crippen LogP contribution is -2.43. The fourth-order valence-corrected chi connectivity index (χ4v) is 3.70. The maximum Gasteiger partial charge on any atom is 0.325 e. The first-order valence-corrected chi connectivity index (χ1v) is 10.8. The molecule has 156 valence electrons. The molecule has 0 aliphatic carbocycles. The highest BCUT2D eigenvalue weighted by Crippen LogP contribution is 2.25. The van der Waals surface area contributed by atoms with Crippen molar-refractivity contribution in [1.82, 2.24) is 4.90 Å². The van der Waals surface area contributed by atoms with Gasteiger partial charge in [0.15, 0.2) is 0 Å². The van der Waals surface area contributed by atoms with E-state index in [1.807, 2.05) is 46.2 Å². The third-order valence-electron chi connectivity index (χ3n) is 5.33. The number of rotatable bonds is 8. The number of urea groups is 1. The van der Waals surface area contributed by atoms with Crippen LogP contribution in [0.4, 0.5) is 10.5 Å². The number of carbonyl (C=O) groups excluding carboxylic acids is 1. The van der Waals surface area contributed by atoms with E-state index in [9.17, 15) is 4.79 Å². The average molecular weight is 401 g/mol. The predicted octanol–water partition coefficient (Wildman–Crippen LogP) is 6.73. The van der Waals surface area contributed by atoms with Crippen molar-refractivity contribution in [2.45, 2.75) is 46.7 Å². The van der Waals surface area contributed by atoms with Crippen LogP contribution in [-0.2, 0) is 13.1 Å². The Labute approximate surface area is 181 Å². The molecule has 0 aromatic heterocycles. The number of anilines is 1. The lowest BCUT2D eigenvalue weighted by molar-refractivity contribution is 0.200. The Balaban J connectivity index is 1.94. The minimum atomic E-state index is 0.0584. The second-order valence-electron chi connectivity index (χ2n) is 7.90. The van der Waals surface area contributed by atoms with E-state index in [0.717, 1.165) is 41.8 Å². The van der Waals surface area contributed by atoms with Crippen molar-refractivity contribution in [1.29, 1.82) is 0 Å². The van der Waals surface area contributed by atoms with Crippen LogP contribution < -0.4 is 4.90 Å². The van der Waals surface area contributed by atoms with Gasteiger partial charge >= 0.3 is 6.03 Å². The molecule has 3 aromatic carbocycles. The molecule has 0 aliphatic rings. The van der Waals surface area contributed by atoms with Gasteiger partial charge in [0.1, 0.15) is 0 Å². The fraction of sp³-hybridized carbons (Fsp3) is 0.296. The molecule has 3 aromatic rings. The van der Waals surface area contributed by atoms with Crippen LogP contribution in [0.15, 0.2) is 78.9 Å². The van der Waals surface area contributed by atoms with Gasteiger partial charge in [-0.2, -0.15) is 0 Å². The quantitative estimate of drug-likeness (QED) is 0.411. The Morgan fingerprint density at radius 2 is 1.40 bits per heavy atom. The maximum absolute atomic E-state index is 13.8. The van der Waals surface area contributed by atoms with Gasteiger partial charge < -0.3 is 4.90 Å². The summed E-state index contributed by atoms with van der Waals surface area (Å²) in [4.78, 5) is 17.8. The van der Waals surface area contributed by atoms with E-state index < -0.39 is 0 Å². The van der Waals surface area contributed by atoms with Crippen molar-refractivity contribution in [3.05, 3.63) is 101 Å². The molecular formula is C27H32N2O. The van der Waals surface area contributed by atoms with Crippen LogP contribution in [0.3, 0.4) is 0 Å². The lowest BCUT2D eigenvalue weighted by Gasteiger charge is -2.32. The topological polar surface area (TPSA) is 23.6 Å². The summed E-state index contributed by atoms with van der Waals surface area (Å²) < 4.78 is 0. The number of hydrogen-bond acceptors (Lipinski definition) is 1. The molecule has 0 atom stereocenters. The second kappa shape index (κ2) is 10.6. The number of benzene rings is 3. The summed E-state index contributed by atoms with van der Waals surface area (Å²) >= 11 is 0. The summed E-state index contributed by atoms with van der Waals surface area (Å²) in [5, 5.41) is 0. The molecule has 0 saturated heterocycles. The van der Waals surface area contributed by atoms with Crippen molar-refractivity contribution in [3.63, 3.8) is 0 Å². The highest BCUT2D eigenvalue weighted by atomic mass is 16.2. The van der Waals surface area contributed by atoms with Crippen molar-refractivity contribution < 1.29 is 4.79 Å². The van der Waals surface area contributed by atoms with Crippen LogP contribution >= 0.6 is 0 Å². The number of hydrogen-bond donors (Lipinski definition) is 0. The average Bonchev–Trinajstić information content (AvgIpc) is 2.76. The number of carbonyl (C=O) groups is 1. The molecule has 0 heterocycles. The van der Waals surface area contributed by atoms with Gasteiger partial charge in [-0.05, 0) is 43.0 Å². The zero-order valence-corrected chi connectivity index (χ0v) is 18.3. The molecule has 0 saturated carbocycles. The number of unbranched alkanes of at least 4 members (excludes halogenated alkanes) is 1. The highest BCUT2D eigenvalue weighted by molar-refractivity contribution is 5.92. The molecular weight excluding hydrogens is 368 g/mol. The molecule has 30 heavy (non-hydrogen) atoms. The zero-order chi connectivity index (χ0) is 21.3. The van der Waals surface area contributed by atoms with Gasteiger partial charge in [-0.1, -0.05) is 91.7 Å². The van der Waals surface area contributed by atoms with Crippen LogP contribution in [-0.4, -0.2) is 17.5 Å². The normalized spacial score (nSPS) is 10.6. The molecule has 0 N–H and O–H groups in total. The SMILES string of the molecule is CCCCN(Cc1ccccc1)C(=O)N(Cc1ccccc1)c1ccc(C)cc1C. The standard InChI is InChI=1S/C27H32N2O/c1-4-5-18-28(20-24-12-8-6-9-13-24)27(30)29(21-25-14-10-7-11-15-25)26-17-16-22(2)19-23(26)3/h6-17,19H,4-5,18,20-21H2,1-3H3. The van der Waals surface area contributed by atoms with Crippen molar-refractivity contribution >= 4 is 11.7 Å². The molecule has 0 spiro atoms. The minimum absolute atomic E-state index is 0.0584. The van der Waals surface area contributed by atoms with Crippen molar-refractivity contribution in [2.75, 3.05) is 11.4 Å². The van der Waals surface area contributed by atoms with Gasteiger partial charge in [0, 0.05) is 18.8 Å². The van der Waals surface area contributed by atoms with E-state index >= 15 is 0 Å². The molecule has 0 fully saturated rings. The smallest absolute Gasteiger partial charge is 0.320 e. The van der Waals surface area contributed by atoms with E-state index in [-0.39, 0.29) is 6.03 Å². The first kappa shape index (κ1) is 21.6. The largest absolute Gasteiger partial charge is 0.325 e. The second-order valence-corrected chi connectivity index (χ2v) is 7.90. The van der Waals surface area contributed by atoms with Gasteiger partial charge in [0.2, 0.25) is 0 Å². The summed E-state index contributed by atoms with van der Waals surface area (Å²) in [6, 6.07) is 26.8. The first-order chi connectivity index (χ1) is 14.6. The molecule has 3 heteroatoms. The van der Waals surface area contributed by atoms with Crippen LogP contribution in [0.2, 0.25) is 0 Å². The molecule has 0 aliphatic heterocycles. The van der Waals surface area contributed by atoms with Crippen LogP contribution in [0.1, 0.15) is 42.0 Å². The molecule has 2 amide bonds. The number of amides is 2. The van der Waals surface area contributed by atoms with E-state index in [4.69, 9.17) is 0 Å². The molecule has 0 unspecified atom stereocenters. The monoisotopic (exact) mass is 400 g/mol. The van der Waals surface area contributed by atoms with Gasteiger partial charge in [-0.15, -0.1) is 0 Å². The van der Waals surface area contributed by atoms with E-state index in [1.165, 1.54) is 5.56 Å². The predicted molar refractivity (Wildman–Crippen MR) is 126 cm³/mol. The molecule has 3 nitrogen and oxygen atoms in total. The summed E-state index contributed by atoms with van der Waals surface area (Å²) in [6.07, 6.45) is 2.05. The Morgan fingerprint density at radius 1 is 0.800 bits per heavy atom. The maximum atomic E-state index is 13.8. The van der Waals surface area contributed by atoms with E-state index in [1.54, 1.807) is 0 Å². The summed E-state index contributed by atoms with van der Waals surface area (Å²) in [7, 11) is 0. The van der Waals surface area contributed by atoms with E-state index in [2.05, 4.69) is 63.2 Å². The molecule has 0 bridgehead atoms. The third-order valence-corrected chi connectivity index (χ3v) is 5.33. The van der Waals surface area contributed by atoms with Gasteiger partial charge in [0.25, 0.3) is 0 Å². The zero-order valence-electron chi connectivity index (χ0n) is 18.3. The van der Waals surface area contributed by atoms with Crippen molar-refractivity contribution in [2.24, 2.45) is 0 Å². The van der Waals surface area contributed by atoms with Gasteiger partial charge in [-0.25, -0.2) is 4.79 Å². The number of nitrogens with zero attached hydrogens (tertiary/aromatic N) is 2. The Hall–Kier alpha value is -3.07. The van der Waals surface area contributed by atoms with E-state index in [0.29, 0.717) is 13.1 Å². The Kier molecular flexibility index (Phi) is 7.67. The highest BCUT2D eigenvalue weighted by Gasteiger charge is 2.24. The van der Waals surface area contributed by atoms with Crippen molar-refractivity contribution in [3.8, 4) is 0 Å². The fourth-order valence-electron chi connectivity index (χ4n) is 3.70. The third kappa shape index (κ3) is 5.73. The summed E-state index contributed by atoms with van der Waals surface area (Å²) in [5.74, 6) is 0. The molecule has 3 rings (SSSR count). The lowest BCUT2D eigenvalue weighted by atomic mass is 10.1. The number of aryl methyl sites for hydroxylation is 2. The first-order valence-electron chi connectivity index (χ1n) is 10.8. The Morgan fingerprint density at radius 3 is 1.97 bits per heavy atom. The van der Waals surface area contributed by atoms with Gasteiger partial charge in [-0.3, -0.25) is 4.90 Å². The minimum Gasteiger partial charge on any atom is -0.320 e. The molecule has 0 radical (unpaired) electrons. The summed E-state index contributed by atoms with van der Waals surface area (Å²) in [6.45, 7) is 8.26. The Bertz CT molecular complexity index is 938. The van der Waals surface area contributed by atoms with Crippen LogP contribution in [0, 0.1) is 13.8 Å². The van der Waals surface area contributed by atoms with Crippen LogP contribution in [0.5, 0.6) is 0 Å². The summed E-state index contributed by atoms with van der Waals surface area (Å²) in [5.41, 5.74) is 5.58.